The van der Waals surface area contributed by atoms with Gasteiger partial charge >= 0.3 is 5.97 Å². The fraction of sp³-hybridized carbons (Fsp3) is 0.611. The molecule has 0 aliphatic heterocycles. The number of hydrogen-bond donors (Lipinski definition) is 2. The first kappa shape index (κ1) is 20.5. The summed E-state index contributed by atoms with van der Waals surface area (Å²) in [6.07, 6.45) is 2.08. The van der Waals surface area contributed by atoms with Crippen molar-refractivity contribution in [3.63, 3.8) is 0 Å². The molecular weight excluding hydrogens is 278 g/mol. The molecule has 0 aliphatic rings. The lowest BCUT2D eigenvalue weighted by atomic mass is 9.90. The van der Waals surface area contributed by atoms with Crippen LogP contribution in [0.1, 0.15) is 64.1 Å². The lowest BCUT2D eigenvalue weighted by molar-refractivity contribution is -0.137. The van der Waals surface area contributed by atoms with Gasteiger partial charge in [0.05, 0.1) is 7.11 Å². The molecule has 0 heterocycles. The normalized spacial score (nSPS) is 12.1. The molecule has 0 saturated carbocycles. The highest BCUT2D eigenvalue weighted by atomic mass is 16.5. The Morgan fingerprint density at radius 1 is 1.36 bits per heavy atom. The summed E-state index contributed by atoms with van der Waals surface area (Å²) in [6, 6.07) is 6.10. The van der Waals surface area contributed by atoms with Crippen molar-refractivity contribution in [2.24, 2.45) is 11.1 Å². The van der Waals surface area contributed by atoms with E-state index in [1.807, 2.05) is 26.0 Å². The molecule has 0 bridgehead atoms. The van der Waals surface area contributed by atoms with E-state index in [1.54, 1.807) is 7.11 Å². The minimum atomic E-state index is -0.691. The van der Waals surface area contributed by atoms with Crippen molar-refractivity contribution < 1.29 is 14.6 Å². The number of carboxylic acid groups (broad SMARTS) is 1. The van der Waals surface area contributed by atoms with Gasteiger partial charge < -0.3 is 15.6 Å². The zero-order valence-electron chi connectivity index (χ0n) is 14.8. The molecule has 126 valence electrons. The molecule has 0 fully saturated rings. The number of ether oxygens (including phenoxy) is 1. The molecule has 0 aromatic heterocycles. The summed E-state index contributed by atoms with van der Waals surface area (Å²) in [6.45, 7) is 10.4. The molecule has 4 heteroatoms. The van der Waals surface area contributed by atoms with Gasteiger partial charge in [0.25, 0.3) is 0 Å². The molecule has 0 saturated heterocycles. The van der Waals surface area contributed by atoms with Crippen LogP contribution in [0.25, 0.3) is 0 Å². The van der Waals surface area contributed by atoms with E-state index in [-0.39, 0.29) is 11.5 Å². The van der Waals surface area contributed by atoms with Crippen LogP contribution >= 0.6 is 0 Å². The van der Waals surface area contributed by atoms with Gasteiger partial charge in [-0.2, -0.15) is 0 Å². The summed E-state index contributed by atoms with van der Waals surface area (Å²) in [5.41, 5.74) is 8.28. The molecule has 1 atom stereocenters. The second-order valence-corrected chi connectivity index (χ2v) is 6.83. The molecule has 1 rings (SSSR count). The summed E-state index contributed by atoms with van der Waals surface area (Å²) < 4.78 is 5.14. The second-order valence-electron chi connectivity index (χ2n) is 6.83. The zero-order valence-corrected chi connectivity index (χ0v) is 14.8. The predicted molar refractivity (Wildman–Crippen MR) is 91.3 cm³/mol. The Hall–Kier alpha value is -1.55. The van der Waals surface area contributed by atoms with Crippen LogP contribution in [0.5, 0.6) is 5.75 Å². The van der Waals surface area contributed by atoms with Crippen molar-refractivity contribution in [3.8, 4) is 5.75 Å². The fourth-order valence-corrected chi connectivity index (χ4v) is 1.95. The largest absolute Gasteiger partial charge is 0.496 e. The number of carboxylic acids is 1. The first-order valence-corrected chi connectivity index (χ1v) is 7.68. The maximum atomic E-state index is 10.1. The monoisotopic (exact) mass is 309 g/mol. The van der Waals surface area contributed by atoms with Crippen LogP contribution in [0, 0.1) is 12.3 Å². The van der Waals surface area contributed by atoms with Crippen LogP contribution in [0.2, 0.25) is 0 Å². The van der Waals surface area contributed by atoms with Gasteiger partial charge in [-0.05, 0) is 49.3 Å². The Kier molecular flexibility index (Phi) is 8.80. The maximum absolute atomic E-state index is 10.1. The molecule has 1 unspecified atom stereocenters. The van der Waals surface area contributed by atoms with Gasteiger partial charge in [-0.25, -0.2) is 0 Å². The van der Waals surface area contributed by atoms with Gasteiger partial charge in [0, 0.05) is 12.5 Å². The number of rotatable bonds is 5. The molecule has 1 aromatic rings. The Labute approximate surface area is 134 Å². The van der Waals surface area contributed by atoms with Crippen LogP contribution < -0.4 is 10.5 Å². The van der Waals surface area contributed by atoms with Gasteiger partial charge in [-0.3, -0.25) is 4.79 Å². The van der Waals surface area contributed by atoms with Crippen molar-refractivity contribution in [1.82, 2.24) is 0 Å². The zero-order chi connectivity index (χ0) is 17.3. The van der Waals surface area contributed by atoms with E-state index in [0.717, 1.165) is 29.7 Å². The Balaban J connectivity index is 0.000000409. The first-order valence-electron chi connectivity index (χ1n) is 7.68. The van der Waals surface area contributed by atoms with Gasteiger partial charge in [0.1, 0.15) is 5.75 Å². The summed E-state index contributed by atoms with van der Waals surface area (Å²) in [5, 5.41) is 8.31. The number of benzene rings is 1. The first-order chi connectivity index (χ1) is 10.1. The van der Waals surface area contributed by atoms with E-state index in [4.69, 9.17) is 15.6 Å². The third-order valence-corrected chi connectivity index (χ3v) is 3.26. The summed E-state index contributed by atoms with van der Waals surface area (Å²) >= 11 is 0. The van der Waals surface area contributed by atoms with E-state index >= 15 is 0 Å². The summed E-state index contributed by atoms with van der Waals surface area (Å²) in [4.78, 5) is 10.1. The SMILES string of the molecule is CC(C)(C)CCCC(=O)O.COc1ccc(C(C)N)cc1C. The van der Waals surface area contributed by atoms with Gasteiger partial charge in [-0.1, -0.05) is 32.9 Å². The standard InChI is InChI=1S/C10H15NO.C8H16O2/c1-7-6-9(8(2)11)4-5-10(7)12-3;1-8(2,3)6-4-5-7(9)10/h4-6,8H,11H2,1-3H3;4-6H2,1-3H3,(H,9,10). The molecule has 0 aliphatic carbocycles. The smallest absolute Gasteiger partial charge is 0.303 e. The van der Waals surface area contributed by atoms with Crippen LogP contribution in [-0.4, -0.2) is 18.2 Å². The third kappa shape index (κ3) is 9.40. The molecule has 3 N–H and O–H groups in total. The van der Waals surface area contributed by atoms with Crippen molar-refractivity contribution >= 4 is 5.97 Å². The Morgan fingerprint density at radius 2 is 1.95 bits per heavy atom. The number of hydrogen-bond acceptors (Lipinski definition) is 3. The Bertz CT molecular complexity index is 462. The van der Waals surface area contributed by atoms with Crippen molar-refractivity contribution in [2.75, 3.05) is 7.11 Å². The predicted octanol–water partition coefficient (Wildman–Crippen LogP) is 4.31. The van der Waals surface area contributed by atoms with Crippen LogP contribution in [0.3, 0.4) is 0 Å². The number of methoxy groups -OCH3 is 1. The summed E-state index contributed by atoms with van der Waals surface area (Å²) in [5.74, 6) is 0.226. The number of carbonyl (C=O) groups is 1. The van der Waals surface area contributed by atoms with E-state index < -0.39 is 5.97 Å². The van der Waals surface area contributed by atoms with E-state index in [9.17, 15) is 4.79 Å². The second kappa shape index (κ2) is 9.46. The van der Waals surface area contributed by atoms with Crippen molar-refractivity contribution in [2.45, 2.75) is 59.9 Å². The van der Waals surface area contributed by atoms with Crippen LogP contribution in [-0.2, 0) is 4.79 Å². The van der Waals surface area contributed by atoms with E-state index in [0.29, 0.717) is 6.42 Å². The minimum absolute atomic E-state index is 0.0922. The highest BCUT2D eigenvalue weighted by molar-refractivity contribution is 5.66. The number of aliphatic carboxylic acids is 1. The highest BCUT2D eigenvalue weighted by Crippen LogP contribution is 2.21. The van der Waals surface area contributed by atoms with Crippen LogP contribution in [0.15, 0.2) is 18.2 Å². The molecular formula is C18H31NO3. The van der Waals surface area contributed by atoms with Gasteiger partial charge in [0.2, 0.25) is 0 Å². The fourth-order valence-electron chi connectivity index (χ4n) is 1.95. The molecule has 0 radical (unpaired) electrons. The summed E-state index contributed by atoms with van der Waals surface area (Å²) in [7, 11) is 1.67. The topological polar surface area (TPSA) is 72.5 Å². The molecule has 1 aromatic carbocycles. The van der Waals surface area contributed by atoms with Crippen LogP contribution in [0.4, 0.5) is 0 Å². The maximum Gasteiger partial charge on any atom is 0.303 e. The molecule has 0 spiro atoms. The Morgan fingerprint density at radius 3 is 2.32 bits per heavy atom. The van der Waals surface area contributed by atoms with Gasteiger partial charge in [0.15, 0.2) is 0 Å². The molecule has 4 nitrogen and oxygen atoms in total. The average molecular weight is 309 g/mol. The number of aryl methyl sites for hydroxylation is 1. The lowest BCUT2D eigenvalue weighted by Gasteiger charge is -2.16. The van der Waals surface area contributed by atoms with Crippen molar-refractivity contribution in [1.29, 1.82) is 0 Å². The van der Waals surface area contributed by atoms with E-state index in [1.165, 1.54) is 0 Å². The third-order valence-electron chi connectivity index (χ3n) is 3.26. The van der Waals surface area contributed by atoms with Gasteiger partial charge in [-0.15, -0.1) is 0 Å². The van der Waals surface area contributed by atoms with E-state index in [2.05, 4.69) is 26.8 Å². The highest BCUT2D eigenvalue weighted by Gasteiger charge is 2.10. The molecule has 22 heavy (non-hydrogen) atoms. The molecule has 0 amide bonds. The lowest BCUT2D eigenvalue weighted by Crippen LogP contribution is -2.05. The van der Waals surface area contributed by atoms with Crippen molar-refractivity contribution in [3.05, 3.63) is 29.3 Å². The minimum Gasteiger partial charge on any atom is -0.496 e. The number of nitrogens with two attached hydrogens (primary N) is 1. The average Bonchev–Trinajstić information content (AvgIpc) is 2.37. The quantitative estimate of drug-likeness (QED) is 0.850.